The molecule has 3 heterocycles. The Morgan fingerprint density at radius 1 is 0.955 bits per heavy atom. The molecule has 5 aromatic rings. The number of hydrogen-bond donors (Lipinski definition) is 8. The standard InChI is InChI=1S/C44H52N9O12P/c1-25(2)21-33(40-48-22-34(63-40)26-11-4-3-5-12-26)49-39(56)32(50-44(58)61-23-31-29-15-8-6-13-27(29)28-14-7-9-16-30(28)31)17-10-19-47-42(46)52-65-66(59,60)62-24-35-37(54)38(55)41(64-35)53-20-18-36(45)51-43(53)57/h3-9,11-16,18,20,22,25,31-33,35,37-38,41,54-55H,10,17,19,21,23-24H2,1-2H3,(H,49,56)(H,50,58)(H,59,60)(H2,45,51,57)(H3,46,47,52)/t32?,33?,35-,37-,38-,41-/m1/s1. The normalized spacial score (nSPS) is 19.9. The van der Waals surface area contributed by atoms with Crippen LogP contribution in [0.1, 0.15) is 68.3 Å². The van der Waals surface area contributed by atoms with E-state index >= 15 is 0 Å². The lowest BCUT2D eigenvalue weighted by Gasteiger charge is -2.23. The van der Waals surface area contributed by atoms with Gasteiger partial charge in [0.15, 0.2) is 12.0 Å². The van der Waals surface area contributed by atoms with Crippen molar-refractivity contribution >= 4 is 31.6 Å². The van der Waals surface area contributed by atoms with Gasteiger partial charge in [0, 0.05) is 24.2 Å². The summed E-state index contributed by atoms with van der Waals surface area (Å²) in [5.41, 5.74) is 17.6. The summed E-state index contributed by atoms with van der Waals surface area (Å²) >= 11 is 0. The number of ether oxygens (including phenoxy) is 2. The van der Waals surface area contributed by atoms with Crippen molar-refractivity contribution in [2.24, 2.45) is 16.6 Å². The van der Waals surface area contributed by atoms with Gasteiger partial charge in [0.2, 0.25) is 17.8 Å². The van der Waals surface area contributed by atoms with E-state index in [4.69, 9.17) is 34.5 Å². The van der Waals surface area contributed by atoms with Crippen LogP contribution in [0.2, 0.25) is 0 Å². The first-order valence-corrected chi connectivity index (χ1v) is 22.7. The van der Waals surface area contributed by atoms with Crippen molar-refractivity contribution < 1.29 is 52.3 Å². The number of hydrogen-bond acceptors (Lipinski definition) is 15. The number of benzene rings is 3. The van der Waals surface area contributed by atoms with E-state index in [1.165, 1.54) is 12.3 Å². The maximum atomic E-state index is 14.1. The number of rotatable bonds is 19. The molecule has 1 saturated heterocycles. The average Bonchev–Trinajstić information content (AvgIpc) is 4.00. The number of guanidine groups is 1. The zero-order valence-electron chi connectivity index (χ0n) is 36.0. The molecule has 350 valence electrons. The second-order valence-electron chi connectivity index (χ2n) is 16.1. The molecule has 0 radical (unpaired) electrons. The van der Waals surface area contributed by atoms with Crippen molar-refractivity contribution in [3.05, 3.63) is 125 Å². The van der Waals surface area contributed by atoms with Crippen molar-refractivity contribution in [2.45, 2.75) is 75.7 Å². The summed E-state index contributed by atoms with van der Waals surface area (Å²) in [4.78, 5) is 62.2. The minimum atomic E-state index is -4.92. The van der Waals surface area contributed by atoms with Gasteiger partial charge in [-0.2, -0.15) is 9.61 Å². The highest BCUT2D eigenvalue weighted by atomic mass is 31.2. The van der Waals surface area contributed by atoms with Gasteiger partial charge in [0.1, 0.15) is 42.8 Å². The number of carbonyl (C=O) groups excluding carboxylic acids is 2. The Morgan fingerprint density at radius 2 is 1.64 bits per heavy atom. The van der Waals surface area contributed by atoms with E-state index in [0.717, 1.165) is 32.4 Å². The number of aliphatic hydroxyl groups is 2. The van der Waals surface area contributed by atoms with Crippen molar-refractivity contribution in [2.75, 3.05) is 25.5 Å². The van der Waals surface area contributed by atoms with Gasteiger partial charge in [0.25, 0.3) is 0 Å². The summed E-state index contributed by atoms with van der Waals surface area (Å²) in [6, 6.07) is 24.8. The number of oxazole rings is 1. The van der Waals surface area contributed by atoms with Crippen LogP contribution in [0.25, 0.3) is 22.5 Å². The number of phosphoric ester groups is 1. The van der Waals surface area contributed by atoms with E-state index in [9.17, 15) is 34.1 Å². The molecule has 1 aliphatic heterocycles. The number of amides is 2. The van der Waals surface area contributed by atoms with Crippen LogP contribution in [-0.4, -0.2) is 91.7 Å². The van der Waals surface area contributed by atoms with E-state index < -0.39 is 74.7 Å². The van der Waals surface area contributed by atoms with Gasteiger partial charge < -0.3 is 51.1 Å². The second kappa shape index (κ2) is 21.2. The quantitative estimate of drug-likeness (QED) is 0.0193. The molecule has 21 nitrogen and oxygen atoms in total. The monoisotopic (exact) mass is 929 g/mol. The molecule has 0 saturated carbocycles. The lowest BCUT2D eigenvalue weighted by Crippen LogP contribution is -2.48. The molecular formula is C44H52N9O12P. The molecule has 7 atom stereocenters. The summed E-state index contributed by atoms with van der Waals surface area (Å²) in [7, 11) is -4.92. The second-order valence-corrected chi connectivity index (χ2v) is 17.5. The third-order valence-corrected chi connectivity index (χ3v) is 11.7. The molecule has 2 aliphatic rings. The fraction of sp³-hybridized carbons (Fsp3) is 0.364. The number of nitrogens with one attached hydrogen (secondary N) is 3. The number of aliphatic imine (C=N–C) groups is 1. The van der Waals surface area contributed by atoms with Gasteiger partial charge >= 0.3 is 19.6 Å². The van der Waals surface area contributed by atoms with Crippen molar-refractivity contribution in [1.82, 2.24) is 30.6 Å². The number of alkyl carbamates (subject to hydrolysis) is 1. The molecule has 3 aromatic carbocycles. The largest absolute Gasteiger partial charge is 0.493 e. The van der Waals surface area contributed by atoms with Crippen LogP contribution in [0.3, 0.4) is 0 Å². The fourth-order valence-corrected chi connectivity index (χ4v) is 8.34. The lowest BCUT2D eigenvalue weighted by molar-refractivity contribution is -0.124. The van der Waals surface area contributed by atoms with E-state index in [-0.39, 0.29) is 43.6 Å². The van der Waals surface area contributed by atoms with E-state index in [1.807, 2.05) is 98.2 Å². The minimum Gasteiger partial charge on any atom is -0.449 e. The Balaban J connectivity index is 0.961. The van der Waals surface area contributed by atoms with E-state index in [2.05, 4.69) is 25.6 Å². The van der Waals surface area contributed by atoms with E-state index in [1.54, 1.807) is 6.20 Å². The Labute approximate surface area is 378 Å². The van der Waals surface area contributed by atoms with E-state index in [0.29, 0.717) is 18.1 Å². The van der Waals surface area contributed by atoms with Gasteiger partial charge in [0.05, 0.1) is 12.8 Å². The molecule has 0 bridgehead atoms. The van der Waals surface area contributed by atoms with Gasteiger partial charge in [-0.15, -0.1) is 0 Å². The van der Waals surface area contributed by atoms with Crippen LogP contribution in [0.5, 0.6) is 0 Å². The number of nitrogen functional groups attached to an aromatic ring is 1. The highest BCUT2D eigenvalue weighted by Crippen LogP contribution is 2.45. The summed E-state index contributed by atoms with van der Waals surface area (Å²) in [6.07, 6.45) is -3.30. The number of carbonyl (C=O) groups is 2. The molecule has 3 unspecified atom stereocenters. The van der Waals surface area contributed by atoms with Crippen molar-refractivity contribution in [3.63, 3.8) is 0 Å². The number of aliphatic hydroxyl groups excluding tert-OH is 2. The molecule has 1 fully saturated rings. The smallest absolute Gasteiger partial charge is 0.449 e. The number of aromatic nitrogens is 3. The van der Waals surface area contributed by atoms with Crippen LogP contribution in [0, 0.1) is 5.92 Å². The number of anilines is 1. The molecule has 22 heteroatoms. The predicted molar refractivity (Wildman–Crippen MR) is 239 cm³/mol. The van der Waals surface area contributed by atoms with Crippen LogP contribution in [-0.2, 0) is 28.0 Å². The fourth-order valence-electron chi connectivity index (χ4n) is 7.74. The molecule has 2 aromatic heterocycles. The number of phosphoric acid groups is 1. The summed E-state index contributed by atoms with van der Waals surface area (Å²) in [6.45, 7) is 3.23. The Bertz CT molecular complexity index is 2560. The van der Waals surface area contributed by atoms with Crippen LogP contribution in [0.15, 0.2) is 112 Å². The highest BCUT2D eigenvalue weighted by Gasteiger charge is 2.45. The van der Waals surface area contributed by atoms with Crippen LogP contribution < -0.4 is 33.3 Å². The Kier molecular flexibility index (Phi) is 15.3. The maximum Gasteiger partial charge on any atom is 0.493 e. The summed E-state index contributed by atoms with van der Waals surface area (Å²) in [5, 5.41) is 26.6. The maximum absolute atomic E-state index is 14.1. The van der Waals surface area contributed by atoms with Gasteiger partial charge in [-0.3, -0.25) is 18.9 Å². The third-order valence-electron chi connectivity index (χ3n) is 10.9. The van der Waals surface area contributed by atoms with Gasteiger partial charge in [-0.1, -0.05) is 92.7 Å². The number of hydroxylamine groups is 1. The summed E-state index contributed by atoms with van der Waals surface area (Å²) < 4.78 is 40.6. The van der Waals surface area contributed by atoms with Crippen LogP contribution in [0.4, 0.5) is 10.6 Å². The zero-order valence-corrected chi connectivity index (χ0v) is 36.9. The number of nitrogens with zero attached hydrogens (tertiary/aromatic N) is 4. The highest BCUT2D eigenvalue weighted by molar-refractivity contribution is 7.47. The van der Waals surface area contributed by atoms with Crippen molar-refractivity contribution in [3.8, 4) is 22.5 Å². The Morgan fingerprint density at radius 3 is 2.32 bits per heavy atom. The molecule has 0 spiro atoms. The Hall–Kier alpha value is -6.45. The average molecular weight is 930 g/mol. The first-order valence-electron chi connectivity index (χ1n) is 21.2. The topological polar surface area (TPSA) is 310 Å². The molecular weight excluding hydrogens is 878 g/mol. The number of nitrogens with two attached hydrogens (primary N) is 2. The van der Waals surface area contributed by atoms with Crippen LogP contribution >= 0.6 is 7.82 Å². The molecule has 7 rings (SSSR count). The molecule has 10 N–H and O–H groups in total. The predicted octanol–water partition coefficient (Wildman–Crippen LogP) is 3.64. The first kappa shape index (κ1) is 47.5. The SMILES string of the molecule is CC(C)CC(NC(=O)C(CCCN=C(N)NOP(=O)(O)OC[C@H]1O[C@@H](n2ccc(N)nc2=O)[C@H](O)[C@@H]1O)NC(=O)OCC1c2ccccc2-c2ccccc21)c1ncc(-c2ccccc2)o1. The first-order chi connectivity index (χ1) is 31.7. The molecule has 66 heavy (non-hydrogen) atoms. The molecule has 2 amide bonds. The minimum absolute atomic E-state index is 0.0209. The third kappa shape index (κ3) is 11.7. The van der Waals surface area contributed by atoms with Crippen molar-refractivity contribution in [1.29, 1.82) is 0 Å². The summed E-state index contributed by atoms with van der Waals surface area (Å²) in [5.74, 6) is -0.299. The number of fused-ring (bicyclic) bond motifs is 3. The zero-order chi connectivity index (χ0) is 47.0. The van der Waals surface area contributed by atoms with Gasteiger partial charge in [-0.05, 0) is 53.5 Å². The lowest BCUT2D eigenvalue weighted by atomic mass is 9.98. The van der Waals surface area contributed by atoms with Gasteiger partial charge in [-0.25, -0.2) is 24.6 Å². The molecule has 1 aliphatic carbocycles.